The number of rotatable bonds is 8. The summed E-state index contributed by atoms with van der Waals surface area (Å²) >= 11 is 11.8. The molecular weight excluding hydrogens is 655 g/mol. The van der Waals surface area contributed by atoms with Crippen LogP contribution in [0.5, 0.6) is 0 Å². The molecule has 3 atom stereocenters. The molecule has 2 heterocycles. The van der Waals surface area contributed by atoms with Crippen LogP contribution in [0.1, 0.15) is 75.3 Å². The van der Waals surface area contributed by atoms with Crippen LogP contribution in [0.15, 0.2) is 48.5 Å². The molecule has 5 aliphatic rings. The first-order valence-corrected chi connectivity index (χ1v) is 17.7. The molecule has 3 unspecified atom stereocenters. The lowest BCUT2D eigenvalue weighted by Crippen LogP contribution is -2.59. The number of hydrogen-bond acceptors (Lipinski definition) is 6. The fourth-order valence-electron chi connectivity index (χ4n) is 7.95. The fraction of sp³-hybridized carbons (Fsp3) is 0.500. The van der Waals surface area contributed by atoms with Gasteiger partial charge in [0.2, 0.25) is 23.6 Å². The highest BCUT2D eigenvalue weighted by Gasteiger charge is 2.49. The Balaban J connectivity index is 0.000000168. The quantitative estimate of drug-likeness (QED) is 0.302. The van der Waals surface area contributed by atoms with Crippen molar-refractivity contribution in [1.29, 1.82) is 0 Å². The van der Waals surface area contributed by atoms with Gasteiger partial charge < -0.3 is 0 Å². The Hall–Kier alpha value is -3.76. The van der Waals surface area contributed by atoms with Gasteiger partial charge >= 0.3 is 12.1 Å². The number of fused-ring (bicyclic) bond motifs is 2. The number of nitrogens with zero attached hydrogens (tertiary/aromatic N) is 4. The average molecular weight is 696 g/mol. The molecular formula is C36H40Cl2N4O6. The minimum absolute atomic E-state index is 0.00937. The van der Waals surface area contributed by atoms with Crippen LogP contribution in [0, 0.1) is 11.8 Å². The van der Waals surface area contributed by atoms with Crippen LogP contribution in [0.4, 0.5) is 9.59 Å². The molecule has 7 rings (SSSR count). The first-order chi connectivity index (χ1) is 23.1. The minimum Gasteiger partial charge on any atom is -0.274 e. The molecule has 2 aromatic rings. The predicted octanol–water partition coefficient (Wildman–Crippen LogP) is 6.26. The van der Waals surface area contributed by atoms with Crippen LogP contribution in [-0.2, 0) is 32.0 Å². The summed E-state index contributed by atoms with van der Waals surface area (Å²) in [4.78, 5) is 79.5. The minimum atomic E-state index is -0.458. The lowest BCUT2D eigenvalue weighted by molar-refractivity contribution is -0.146. The van der Waals surface area contributed by atoms with Gasteiger partial charge in [-0.2, -0.15) is 0 Å². The molecule has 10 nitrogen and oxygen atoms in total. The van der Waals surface area contributed by atoms with Crippen LogP contribution in [0.25, 0.3) is 0 Å². The van der Waals surface area contributed by atoms with Gasteiger partial charge in [0.05, 0.1) is 0 Å². The standard InChI is InChI=1S/C19H21ClN2O3.C17H19ClN2O3/c20-15-5-2-12(3-6-15)7-8-21-17(23)11-18(24)22(19(21)25)16-10-13-1-4-14(16)9-13;18-13-5-3-4-12(10-13)8-9-19-15(21)11-16(22)20(17(19)23)14-6-1-2-7-14/h2-3,5-6,13-14,16H,1,4,7-11H2;3-5,10,14H,1-2,6-9,11H2. The summed E-state index contributed by atoms with van der Waals surface area (Å²) in [7, 11) is 0. The highest BCUT2D eigenvalue weighted by atomic mass is 35.5. The molecule has 2 aromatic carbocycles. The second-order valence-corrected chi connectivity index (χ2v) is 14.3. The summed E-state index contributed by atoms with van der Waals surface area (Å²) < 4.78 is 0. The van der Waals surface area contributed by atoms with Crippen molar-refractivity contribution < 1.29 is 28.8 Å². The van der Waals surface area contributed by atoms with E-state index in [9.17, 15) is 28.8 Å². The van der Waals surface area contributed by atoms with Crippen molar-refractivity contribution >= 4 is 58.9 Å². The SMILES string of the molecule is O=C1CC(=O)N(C2CC3CCC2C3)C(=O)N1CCc1ccc(Cl)cc1.O=C1CC(=O)N(C2CCCC2)C(=O)N1CCc1cccc(Cl)c1. The highest BCUT2D eigenvalue weighted by Crippen LogP contribution is 2.47. The zero-order valence-electron chi connectivity index (χ0n) is 26.8. The molecule has 0 radical (unpaired) electrons. The zero-order valence-corrected chi connectivity index (χ0v) is 28.3. The third-order valence-electron chi connectivity index (χ3n) is 10.4. The Kier molecular flexibility index (Phi) is 10.5. The Morgan fingerprint density at radius 3 is 1.79 bits per heavy atom. The largest absolute Gasteiger partial charge is 0.333 e. The van der Waals surface area contributed by atoms with Gasteiger partial charge in [-0.25, -0.2) is 9.59 Å². The van der Waals surface area contributed by atoms with E-state index in [4.69, 9.17) is 23.2 Å². The van der Waals surface area contributed by atoms with Crippen molar-refractivity contribution in [2.45, 2.75) is 89.1 Å². The third kappa shape index (κ3) is 7.44. The molecule has 0 spiro atoms. The monoisotopic (exact) mass is 694 g/mol. The van der Waals surface area contributed by atoms with Gasteiger partial charge in [-0.15, -0.1) is 0 Å². The maximum atomic E-state index is 12.9. The Morgan fingerprint density at radius 2 is 1.21 bits per heavy atom. The van der Waals surface area contributed by atoms with Crippen LogP contribution in [0.3, 0.4) is 0 Å². The van der Waals surface area contributed by atoms with Crippen molar-refractivity contribution in [3.63, 3.8) is 0 Å². The van der Waals surface area contributed by atoms with E-state index in [0.717, 1.165) is 56.1 Å². The van der Waals surface area contributed by atoms with Crippen molar-refractivity contribution in [2.75, 3.05) is 13.1 Å². The van der Waals surface area contributed by atoms with Crippen molar-refractivity contribution in [2.24, 2.45) is 11.8 Å². The lowest BCUT2D eigenvalue weighted by atomic mass is 9.93. The summed E-state index contributed by atoms with van der Waals surface area (Å²) in [5.74, 6) is -0.416. The van der Waals surface area contributed by atoms with Gasteiger partial charge in [0.1, 0.15) is 12.8 Å². The van der Waals surface area contributed by atoms with E-state index in [-0.39, 0.29) is 49.2 Å². The number of benzene rings is 2. The maximum Gasteiger partial charge on any atom is 0.333 e. The molecule has 5 fully saturated rings. The van der Waals surface area contributed by atoms with Crippen molar-refractivity contribution in [3.8, 4) is 0 Å². The molecule has 2 bridgehead atoms. The number of urea groups is 2. The molecule has 254 valence electrons. The maximum absolute atomic E-state index is 12.9. The molecule has 3 aliphatic carbocycles. The van der Waals surface area contributed by atoms with Gasteiger partial charge in [0.15, 0.2) is 0 Å². The first kappa shape index (κ1) is 34.1. The number of hydrogen-bond donors (Lipinski definition) is 0. The molecule has 3 saturated carbocycles. The van der Waals surface area contributed by atoms with Crippen molar-refractivity contribution in [3.05, 3.63) is 69.7 Å². The second kappa shape index (κ2) is 14.8. The van der Waals surface area contributed by atoms with E-state index < -0.39 is 18.0 Å². The Morgan fingerprint density at radius 1 is 0.604 bits per heavy atom. The Bertz CT molecular complexity index is 1590. The molecule has 2 aliphatic heterocycles. The van der Waals surface area contributed by atoms with Crippen molar-refractivity contribution in [1.82, 2.24) is 19.6 Å². The van der Waals surface area contributed by atoms with Gasteiger partial charge in [-0.1, -0.05) is 66.7 Å². The highest BCUT2D eigenvalue weighted by molar-refractivity contribution is 6.30. The van der Waals surface area contributed by atoms with E-state index in [1.807, 2.05) is 30.3 Å². The molecule has 2 saturated heterocycles. The van der Waals surface area contributed by atoms with Gasteiger partial charge in [0.25, 0.3) is 0 Å². The van der Waals surface area contributed by atoms with Crippen LogP contribution in [-0.4, -0.2) is 80.5 Å². The van der Waals surface area contributed by atoms with E-state index >= 15 is 0 Å². The molecule has 0 aromatic heterocycles. The number of imide groups is 4. The van der Waals surface area contributed by atoms with Gasteiger partial charge in [-0.05, 0) is 92.2 Å². The normalized spacial score (nSPS) is 24.6. The summed E-state index contributed by atoms with van der Waals surface area (Å²) in [6.07, 6.45) is 8.73. The van der Waals surface area contributed by atoms with E-state index in [0.29, 0.717) is 41.3 Å². The third-order valence-corrected chi connectivity index (χ3v) is 10.9. The summed E-state index contributed by atoms with van der Waals surface area (Å²) in [6.45, 7) is 0.568. The number of carbonyl (C=O) groups is 6. The van der Waals surface area contributed by atoms with E-state index in [1.165, 1.54) is 26.0 Å². The summed E-state index contributed by atoms with van der Waals surface area (Å²) in [6, 6.07) is 13.8. The predicted molar refractivity (Wildman–Crippen MR) is 179 cm³/mol. The van der Waals surface area contributed by atoms with E-state index in [1.54, 1.807) is 18.2 Å². The molecule has 48 heavy (non-hydrogen) atoms. The lowest BCUT2D eigenvalue weighted by Gasteiger charge is -2.39. The van der Waals surface area contributed by atoms with Gasteiger partial charge in [-0.3, -0.25) is 38.8 Å². The molecule has 0 N–H and O–H groups in total. The average Bonchev–Trinajstić information content (AvgIpc) is 3.82. The number of halogens is 2. The number of carbonyl (C=O) groups excluding carboxylic acids is 6. The van der Waals surface area contributed by atoms with Crippen LogP contribution < -0.4 is 0 Å². The van der Waals surface area contributed by atoms with Crippen LogP contribution >= 0.6 is 23.2 Å². The summed E-state index contributed by atoms with van der Waals surface area (Å²) in [5, 5.41) is 1.28. The van der Waals surface area contributed by atoms with Crippen LogP contribution in [0.2, 0.25) is 10.0 Å². The first-order valence-electron chi connectivity index (χ1n) is 16.9. The smallest absolute Gasteiger partial charge is 0.274 e. The second-order valence-electron chi connectivity index (χ2n) is 13.5. The molecule has 12 heteroatoms. The topological polar surface area (TPSA) is 115 Å². The summed E-state index contributed by atoms with van der Waals surface area (Å²) in [5.41, 5.74) is 1.97. The fourth-order valence-corrected chi connectivity index (χ4v) is 8.29. The number of barbiturate groups is 2. The van der Waals surface area contributed by atoms with E-state index in [2.05, 4.69) is 0 Å². The molecule has 8 amide bonds. The number of amides is 8. The Labute approximate surface area is 290 Å². The zero-order chi connectivity index (χ0) is 33.9. The van der Waals surface area contributed by atoms with Gasteiger partial charge in [0, 0.05) is 35.2 Å².